The van der Waals surface area contributed by atoms with Gasteiger partial charge in [0, 0.05) is 67.3 Å². The number of halogens is 4. The molecule has 0 saturated carbocycles. The van der Waals surface area contributed by atoms with Crippen LogP contribution < -0.4 is 18.3 Å². The van der Waals surface area contributed by atoms with E-state index in [0.717, 1.165) is 104 Å². The van der Waals surface area contributed by atoms with Gasteiger partial charge < -0.3 is 0 Å². The molecule has 76 heavy (non-hydrogen) atoms. The van der Waals surface area contributed by atoms with Crippen LogP contribution in [-0.4, -0.2) is 16.8 Å². The monoisotopic (exact) mass is 1180 g/mol. The highest BCUT2D eigenvalue weighted by Crippen LogP contribution is 2.54. The Morgan fingerprint density at radius 3 is 1.37 bits per heavy atom. The predicted octanol–water partition coefficient (Wildman–Crippen LogP) is 18.7. The zero-order valence-electron chi connectivity index (χ0n) is 43.0. The minimum Gasteiger partial charge on any atom is -0.203 e. The largest absolute Gasteiger partial charge is 0.277 e. The average molecular weight is 1180 g/mol. The van der Waals surface area contributed by atoms with Gasteiger partial charge in [-0.1, -0.05) is 79.1 Å². The number of benzene rings is 2. The van der Waals surface area contributed by atoms with Gasteiger partial charge in [-0.3, -0.25) is 0 Å². The molecule has 11 heterocycles. The third kappa shape index (κ3) is 8.65. The van der Waals surface area contributed by atoms with E-state index in [9.17, 15) is 0 Å². The van der Waals surface area contributed by atoms with E-state index in [4.69, 9.17) is 8.75 Å². The number of nitrogens with zero attached hydrogens (tertiary/aromatic N) is 4. The van der Waals surface area contributed by atoms with Crippen molar-refractivity contribution in [3.8, 4) is 71.0 Å². The molecule has 392 valence electrons. The standard InChI is InChI=1S/C59H58F4N4S8Si/c1-5-9-12-13-17-35-19-21-37(69-35)39-23-25-41(71-39)47-51(61)53(63)49-43-27-45-59(73-43)58-44-26-42(72-58)48-52(62)50(60)46(40-24-22-38(70-40)36-20-18-34(68-36)14-8-4)54-56(48)66(74-64-54)28-32(15-10-6-2)30-76(44,45)31-33(16-11-7-3)29-67-57(49)55(47)65-75-67/h18-27,32-33H,5-17,28-31H2,1-4H3/q+2. The summed E-state index contributed by atoms with van der Waals surface area (Å²) in [7, 11) is -2.76. The lowest BCUT2D eigenvalue weighted by atomic mass is 10.0. The number of thiophene rings is 6. The van der Waals surface area contributed by atoms with Crippen molar-refractivity contribution in [2.45, 2.75) is 136 Å². The van der Waals surface area contributed by atoms with Gasteiger partial charge in [-0.25, -0.2) is 17.6 Å². The molecule has 8 aromatic heterocycles. The SMILES string of the molecule is CCCCCCc1ccc(-c2ccc(-c3c(F)c(F)c4c5c3ns[n+]5CC(CCCC)C[Si]35CC(CCCC)C[n+]6snc7c(-c8ccc(-c9ccc(CCC)s9)s8)c(F)c(F)c(c76)-c6cc3c(s6)-c3sc-4cc35)s2)s1. The number of unbranched alkanes of at least 4 members (excludes halogenated alkanes) is 5. The summed E-state index contributed by atoms with van der Waals surface area (Å²) in [4.78, 5) is 12.0. The number of hydrogen-bond donors (Lipinski definition) is 0. The predicted molar refractivity (Wildman–Crippen MR) is 321 cm³/mol. The molecule has 0 aliphatic carbocycles. The van der Waals surface area contributed by atoms with Gasteiger partial charge in [0.25, 0.3) is 23.5 Å². The van der Waals surface area contributed by atoms with Crippen LogP contribution in [0.3, 0.4) is 0 Å². The fourth-order valence-electron chi connectivity index (χ4n) is 12.6. The Morgan fingerprint density at radius 2 is 0.895 bits per heavy atom. The molecule has 0 fully saturated rings. The fourth-order valence-corrected chi connectivity index (χ4v) is 29.0. The van der Waals surface area contributed by atoms with E-state index in [1.165, 1.54) is 91.9 Å². The van der Waals surface area contributed by atoms with Crippen LogP contribution in [0.5, 0.6) is 0 Å². The van der Waals surface area contributed by atoms with Crippen molar-refractivity contribution in [3.63, 3.8) is 0 Å². The number of aryl methyl sites for hydroxylation is 2. The van der Waals surface area contributed by atoms with E-state index < -0.39 is 31.3 Å². The summed E-state index contributed by atoms with van der Waals surface area (Å²) >= 11 is 12.4. The van der Waals surface area contributed by atoms with Gasteiger partial charge >= 0.3 is 0 Å². The highest BCUT2D eigenvalue weighted by atomic mass is 32.1. The molecule has 0 radical (unpaired) electrons. The van der Waals surface area contributed by atoms with Crippen LogP contribution in [-0.2, 0) is 25.9 Å². The van der Waals surface area contributed by atoms with Crippen molar-refractivity contribution in [2.24, 2.45) is 11.8 Å². The Kier molecular flexibility index (Phi) is 14.3. The minimum absolute atomic E-state index is 0.223. The lowest BCUT2D eigenvalue weighted by Crippen LogP contribution is -2.58. The van der Waals surface area contributed by atoms with Crippen LogP contribution in [0.25, 0.3) is 93.1 Å². The van der Waals surface area contributed by atoms with Gasteiger partial charge in [-0.15, -0.1) is 68.0 Å². The molecule has 4 nitrogen and oxygen atoms in total. The van der Waals surface area contributed by atoms with Gasteiger partial charge in [0.2, 0.25) is 22.1 Å². The van der Waals surface area contributed by atoms with Gasteiger partial charge in [-0.05, 0) is 127 Å². The van der Waals surface area contributed by atoms with E-state index >= 15 is 17.6 Å². The molecule has 0 amide bonds. The Balaban J connectivity index is 0.961. The van der Waals surface area contributed by atoms with Crippen LogP contribution in [0.1, 0.15) is 108 Å². The first kappa shape index (κ1) is 51.6. The molecular weight excluding hydrogens is 1130 g/mol. The minimum atomic E-state index is -2.76. The Hall–Kier alpha value is -3.78. The van der Waals surface area contributed by atoms with E-state index in [2.05, 4.69) is 78.1 Å². The third-order valence-corrected chi connectivity index (χ3v) is 30.9. The molecule has 3 aliphatic rings. The highest BCUT2D eigenvalue weighted by Gasteiger charge is 2.53. The maximum atomic E-state index is 17.7. The number of aromatic nitrogens is 4. The maximum absolute atomic E-state index is 17.7. The fraction of sp³-hybridized carbons (Fsp3) is 0.390. The van der Waals surface area contributed by atoms with Crippen LogP contribution in [0.15, 0.2) is 60.7 Å². The van der Waals surface area contributed by atoms with Crippen LogP contribution >= 0.6 is 91.5 Å². The van der Waals surface area contributed by atoms with Gasteiger partial charge in [-0.2, -0.15) is 7.91 Å². The molecule has 10 aromatic rings. The summed E-state index contributed by atoms with van der Waals surface area (Å²) in [5, 5.41) is 2.62. The van der Waals surface area contributed by atoms with Crippen LogP contribution in [0.4, 0.5) is 17.6 Å². The van der Waals surface area contributed by atoms with Gasteiger partial charge in [0.1, 0.15) is 21.2 Å². The lowest BCUT2D eigenvalue weighted by Gasteiger charge is -2.35. The number of rotatable bonds is 17. The summed E-state index contributed by atoms with van der Waals surface area (Å²) in [5.41, 5.74) is 3.43. The smallest absolute Gasteiger partial charge is 0.203 e. The summed E-state index contributed by atoms with van der Waals surface area (Å²) < 4.78 is 84.6. The normalized spacial score (nSPS) is 17.7. The summed E-state index contributed by atoms with van der Waals surface area (Å²) in [6.45, 7) is 10.2. The van der Waals surface area contributed by atoms with Crippen LogP contribution in [0.2, 0.25) is 12.1 Å². The van der Waals surface area contributed by atoms with E-state index in [0.29, 0.717) is 60.9 Å². The summed E-state index contributed by atoms with van der Waals surface area (Å²) in [6, 6.07) is 23.1. The summed E-state index contributed by atoms with van der Waals surface area (Å²) in [6.07, 6.45) is 14.2. The molecule has 4 bridgehead atoms. The van der Waals surface area contributed by atoms with Crippen molar-refractivity contribution in [1.82, 2.24) is 8.75 Å². The topological polar surface area (TPSA) is 33.5 Å². The van der Waals surface area contributed by atoms with Crippen molar-refractivity contribution in [2.75, 3.05) is 0 Å². The Labute approximate surface area is 475 Å². The van der Waals surface area contributed by atoms with Crippen molar-refractivity contribution >= 4 is 132 Å². The maximum Gasteiger partial charge on any atom is 0.277 e. The summed E-state index contributed by atoms with van der Waals surface area (Å²) in [5.74, 6) is -2.93. The molecule has 3 unspecified atom stereocenters. The van der Waals surface area contributed by atoms with Crippen molar-refractivity contribution in [3.05, 3.63) is 93.7 Å². The first-order valence-corrected chi connectivity index (χ1v) is 36.0. The number of hydrogen-bond acceptors (Lipinski definition) is 10. The second kappa shape index (κ2) is 21.0. The van der Waals surface area contributed by atoms with Crippen molar-refractivity contribution < 1.29 is 25.5 Å². The van der Waals surface area contributed by atoms with E-state index in [-0.39, 0.29) is 23.0 Å². The van der Waals surface area contributed by atoms with Crippen molar-refractivity contribution in [1.29, 1.82) is 0 Å². The van der Waals surface area contributed by atoms with Gasteiger partial charge in [0.15, 0.2) is 23.3 Å². The zero-order valence-corrected chi connectivity index (χ0v) is 50.5. The first-order chi connectivity index (χ1) is 37.1. The average Bonchev–Trinajstić information content (AvgIpc) is 4.46. The number of fused-ring (bicyclic) bond motifs is 5. The molecule has 2 aromatic carbocycles. The zero-order chi connectivity index (χ0) is 52.0. The Bertz CT molecular complexity index is 3830. The first-order valence-electron chi connectivity index (χ1n) is 27.2. The molecule has 3 aliphatic heterocycles. The molecule has 0 saturated heterocycles. The molecule has 17 heteroatoms. The Morgan fingerprint density at radius 1 is 0.461 bits per heavy atom. The molecular formula is C59H58F4N4S8Si+2. The van der Waals surface area contributed by atoms with E-state index in [1.807, 2.05) is 18.2 Å². The highest BCUT2D eigenvalue weighted by molar-refractivity contribution is 7.32. The second-order valence-corrected chi connectivity index (χ2v) is 33.5. The molecule has 0 N–H and O–H groups in total. The van der Waals surface area contributed by atoms with E-state index in [1.54, 1.807) is 45.3 Å². The lowest BCUT2D eigenvalue weighted by molar-refractivity contribution is -0.610. The van der Waals surface area contributed by atoms with Gasteiger partial charge in [0.05, 0.1) is 22.3 Å². The second-order valence-electron chi connectivity index (χ2n) is 21.3. The molecule has 1 spiro atoms. The van der Waals surface area contributed by atoms with Crippen LogP contribution in [0, 0.1) is 35.1 Å². The molecule has 3 atom stereocenters. The third-order valence-electron chi connectivity index (χ3n) is 16.2. The molecule has 13 rings (SSSR count). The quantitative estimate of drug-likeness (QED) is 0.0394.